The third-order valence-corrected chi connectivity index (χ3v) is 7.29. The van der Waals surface area contributed by atoms with Crippen molar-refractivity contribution >= 4 is 63.0 Å². The van der Waals surface area contributed by atoms with Crippen LogP contribution in [-0.4, -0.2) is 29.6 Å². The average molecular weight is 648 g/mol. The summed E-state index contributed by atoms with van der Waals surface area (Å²) in [4.78, 5) is 39.2. The van der Waals surface area contributed by atoms with Crippen LogP contribution in [0.15, 0.2) is 78.4 Å². The Morgan fingerprint density at radius 1 is 0.975 bits per heavy atom. The molecule has 40 heavy (non-hydrogen) atoms. The third-order valence-electron chi connectivity index (χ3n) is 6.49. The molecule has 202 valence electrons. The van der Waals surface area contributed by atoms with E-state index >= 15 is 0 Å². The number of benzene rings is 4. The van der Waals surface area contributed by atoms with E-state index in [-0.39, 0.29) is 17.0 Å². The fourth-order valence-corrected chi connectivity index (χ4v) is 5.30. The SMILES string of the molecule is CCOc1cc(/C=C2\C(=O)NC(=O)N(c3ccc(O)cc3)C2=O)cc(I)c1OCc1c(C)ccc2ccccc12. The summed E-state index contributed by atoms with van der Waals surface area (Å²) < 4.78 is 12.9. The molecule has 0 atom stereocenters. The second-order valence-electron chi connectivity index (χ2n) is 9.11. The van der Waals surface area contributed by atoms with Crippen molar-refractivity contribution in [3.63, 3.8) is 0 Å². The summed E-state index contributed by atoms with van der Waals surface area (Å²) >= 11 is 2.14. The van der Waals surface area contributed by atoms with Crippen molar-refractivity contribution in [2.75, 3.05) is 11.5 Å². The normalized spacial score (nSPS) is 14.5. The van der Waals surface area contributed by atoms with E-state index in [1.807, 2.05) is 26.0 Å². The summed E-state index contributed by atoms with van der Waals surface area (Å²) in [6.45, 7) is 4.61. The van der Waals surface area contributed by atoms with Crippen LogP contribution in [-0.2, 0) is 16.2 Å². The molecule has 4 aromatic carbocycles. The van der Waals surface area contributed by atoms with Gasteiger partial charge in [0.2, 0.25) is 0 Å². The fourth-order valence-electron chi connectivity index (χ4n) is 4.52. The van der Waals surface area contributed by atoms with Crippen LogP contribution in [0, 0.1) is 10.5 Å². The molecule has 0 saturated carbocycles. The van der Waals surface area contributed by atoms with Gasteiger partial charge in [0, 0.05) is 5.56 Å². The zero-order valence-electron chi connectivity index (χ0n) is 21.7. The Labute approximate surface area is 244 Å². The molecule has 0 spiro atoms. The first-order valence-electron chi connectivity index (χ1n) is 12.5. The number of aryl methyl sites for hydroxylation is 1. The number of barbiturate groups is 1. The number of fused-ring (bicyclic) bond motifs is 1. The smallest absolute Gasteiger partial charge is 0.335 e. The van der Waals surface area contributed by atoms with Crippen molar-refractivity contribution in [3.8, 4) is 17.2 Å². The molecule has 1 aliphatic heterocycles. The number of phenols is 1. The van der Waals surface area contributed by atoms with Gasteiger partial charge in [-0.2, -0.15) is 0 Å². The second-order valence-corrected chi connectivity index (χ2v) is 10.3. The molecule has 8 nitrogen and oxygen atoms in total. The number of carbonyl (C=O) groups excluding carboxylic acids is 3. The number of aromatic hydroxyl groups is 1. The van der Waals surface area contributed by atoms with Crippen LogP contribution in [0.25, 0.3) is 16.8 Å². The van der Waals surface area contributed by atoms with Crippen LogP contribution in [0.5, 0.6) is 17.2 Å². The van der Waals surface area contributed by atoms with Crippen LogP contribution >= 0.6 is 22.6 Å². The number of urea groups is 1. The molecular formula is C31H25IN2O6. The van der Waals surface area contributed by atoms with E-state index in [9.17, 15) is 19.5 Å². The van der Waals surface area contributed by atoms with Crippen LogP contribution in [0.3, 0.4) is 0 Å². The number of nitrogens with one attached hydrogen (secondary N) is 1. The van der Waals surface area contributed by atoms with Crippen molar-refractivity contribution in [1.29, 1.82) is 0 Å². The average Bonchev–Trinajstić information content (AvgIpc) is 2.92. The lowest BCUT2D eigenvalue weighted by Crippen LogP contribution is -2.54. The van der Waals surface area contributed by atoms with E-state index in [1.165, 1.54) is 30.3 Å². The third kappa shape index (κ3) is 5.37. The van der Waals surface area contributed by atoms with Crippen molar-refractivity contribution in [2.45, 2.75) is 20.5 Å². The Bertz CT molecular complexity index is 1680. The van der Waals surface area contributed by atoms with Crippen molar-refractivity contribution in [2.24, 2.45) is 0 Å². The van der Waals surface area contributed by atoms with Gasteiger partial charge in [-0.05, 0) is 101 Å². The van der Waals surface area contributed by atoms with E-state index in [1.54, 1.807) is 12.1 Å². The van der Waals surface area contributed by atoms with Gasteiger partial charge in [0.05, 0.1) is 15.9 Å². The lowest BCUT2D eigenvalue weighted by atomic mass is 10.0. The Hall–Kier alpha value is -4.38. The first-order valence-corrected chi connectivity index (χ1v) is 13.6. The van der Waals surface area contributed by atoms with Crippen molar-refractivity contribution in [3.05, 3.63) is 98.6 Å². The molecule has 2 N–H and O–H groups in total. The van der Waals surface area contributed by atoms with Gasteiger partial charge in [0.1, 0.15) is 17.9 Å². The molecule has 9 heteroatoms. The largest absolute Gasteiger partial charge is 0.508 e. The molecule has 4 amide bonds. The summed E-state index contributed by atoms with van der Waals surface area (Å²) in [5.74, 6) is -0.577. The van der Waals surface area contributed by atoms with Gasteiger partial charge >= 0.3 is 6.03 Å². The first-order chi connectivity index (χ1) is 19.3. The molecule has 0 unspecified atom stereocenters. The summed E-state index contributed by atoms with van der Waals surface area (Å²) in [6, 6.07) is 20.5. The number of carbonyl (C=O) groups is 3. The number of amides is 4. The predicted octanol–water partition coefficient (Wildman–Crippen LogP) is 6.10. The molecule has 1 fully saturated rings. The highest BCUT2D eigenvalue weighted by molar-refractivity contribution is 14.1. The van der Waals surface area contributed by atoms with E-state index < -0.39 is 17.8 Å². The Kier molecular flexibility index (Phi) is 7.74. The number of phenolic OH excluding ortho intramolecular Hbond substituents is 1. The fraction of sp³-hybridized carbons (Fsp3) is 0.129. The summed E-state index contributed by atoms with van der Waals surface area (Å²) in [6.07, 6.45) is 1.42. The maximum absolute atomic E-state index is 13.3. The van der Waals surface area contributed by atoms with Crippen LogP contribution in [0.4, 0.5) is 10.5 Å². The zero-order chi connectivity index (χ0) is 28.4. The highest BCUT2D eigenvalue weighted by Crippen LogP contribution is 2.37. The topological polar surface area (TPSA) is 105 Å². The Balaban J connectivity index is 1.47. The van der Waals surface area contributed by atoms with E-state index in [2.05, 4.69) is 52.2 Å². The van der Waals surface area contributed by atoms with Gasteiger partial charge < -0.3 is 14.6 Å². The van der Waals surface area contributed by atoms with Gasteiger partial charge in [-0.15, -0.1) is 0 Å². The van der Waals surface area contributed by atoms with E-state index in [4.69, 9.17) is 9.47 Å². The van der Waals surface area contributed by atoms with E-state index in [0.29, 0.717) is 30.3 Å². The lowest BCUT2D eigenvalue weighted by molar-refractivity contribution is -0.122. The summed E-state index contributed by atoms with van der Waals surface area (Å²) in [7, 11) is 0. The van der Waals surface area contributed by atoms with Crippen molar-refractivity contribution in [1.82, 2.24) is 5.32 Å². The maximum atomic E-state index is 13.3. The standard InChI is InChI=1S/C31H25IN2O6/c1-3-39-27-16-19(14-24-29(36)33-31(38)34(30(24)37)21-10-12-22(35)13-11-21)15-26(32)28(27)40-17-25-18(2)8-9-20-6-4-5-7-23(20)25/h4-16,35H,3,17H2,1-2H3,(H,33,36,38)/b24-14+. The molecule has 0 aromatic heterocycles. The van der Waals surface area contributed by atoms with E-state index in [0.717, 1.165) is 30.4 Å². The van der Waals surface area contributed by atoms with Crippen LogP contribution in [0.2, 0.25) is 0 Å². The number of hydrogen-bond acceptors (Lipinski definition) is 6. The number of hydrogen-bond donors (Lipinski definition) is 2. The maximum Gasteiger partial charge on any atom is 0.335 e. The van der Waals surface area contributed by atoms with Crippen molar-refractivity contribution < 1.29 is 29.0 Å². The monoisotopic (exact) mass is 648 g/mol. The Morgan fingerprint density at radius 2 is 1.73 bits per heavy atom. The summed E-state index contributed by atoms with van der Waals surface area (Å²) in [5.41, 5.74) is 2.72. The molecule has 0 aliphatic carbocycles. The highest BCUT2D eigenvalue weighted by atomic mass is 127. The number of anilines is 1. The van der Waals surface area contributed by atoms with Gasteiger partial charge in [0.25, 0.3) is 11.8 Å². The molecule has 5 rings (SSSR count). The number of rotatable bonds is 7. The second kappa shape index (κ2) is 11.4. The minimum absolute atomic E-state index is 0.0172. The predicted molar refractivity (Wildman–Crippen MR) is 160 cm³/mol. The molecular weight excluding hydrogens is 623 g/mol. The Morgan fingerprint density at radius 3 is 2.48 bits per heavy atom. The molecule has 4 aromatic rings. The van der Waals surface area contributed by atoms with Crippen LogP contribution < -0.4 is 19.7 Å². The van der Waals surface area contributed by atoms with Gasteiger partial charge in [-0.3, -0.25) is 14.9 Å². The minimum atomic E-state index is -0.866. The lowest BCUT2D eigenvalue weighted by Gasteiger charge is -2.26. The zero-order valence-corrected chi connectivity index (χ0v) is 23.9. The number of nitrogens with zero attached hydrogens (tertiary/aromatic N) is 1. The minimum Gasteiger partial charge on any atom is -0.508 e. The van der Waals surface area contributed by atoms with Gasteiger partial charge in [0.15, 0.2) is 11.5 Å². The molecule has 0 bridgehead atoms. The van der Waals surface area contributed by atoms with Gasteiger partial charge in [-0.1, -0.05) is 36.4 Å². The number of halogens is 1. The molecule has 1 heterocycles. The highest BCUT2D eigenvalue weighted by Gasteiger charge is 2.37. The summed E-state index contributed by atoms with van der Waals surface area (Å²) in [5, 5.41) is 14.0. The number of imide groups is 2. The quantitative estimate of drug-likeness (QED) is 0.143. The molecule has 0 radical (unpaired) electrons. The van der Waals surface area contributed by atoms with Gasteiger partial charge in [-0.25, -0.2) is 9.69 Å². The molecule has 1 aliphatic rings. The van der Waals surface area contributed by atoms with Crippen LogP contribution in [0.1, 0.15) is 23.6 Å². The first kappa shape index (κ1) is 27.2. The molecule has 1 saturated heterocycles. The number of ether oxygens (including phenoxy) is 2.